The van der Waals surface area contributed by atoms with Crippen molar-refractivity contribution in [3.05, 3.63) is 10.4 Å². The molecule has 9 heteroatoms. The zero-order valence-corrected chi connectivity index (χ0v) is 15.1. The Morgan fingerprint density at radius 1 is 1.12 bits per heavy atom. The van der Waals surface area contributed by atoms with Gasteiger partial charge < -0.3 is 14.3 Å². The standard InChI is InChI=1S/C15H26N4O5/c1-14(2,3)23-12(21)19(13(22)24-15(4,5)6)11(8-7-9-20)10-17-18-16/h9,11H,7-8,10H2,1-6H3/t11-/m0/s1. The van der Waals surface area contributed by atoms with Gasteiger partial charge in [-0.15, -0.1) is 0 Å². The second-order valence-corrected chi connectivity index (χ2v) is 7.14. The number of aldehydes is 1. The highest BCUT2D eigenvalue weighted by molar-refractivity contribution is 5.88. The van der Waals surface area contributed by atoms with E-state index in [0.29, 0.717) is 6.29 Å². The van der Waals surface area contributed by atoms with Crippen LogP contribution in [-0.4, -0.2) is 47.2 Å². The van der Waals surface area contributed by atoms with Crippen LogP contribution >= 0.6 is 0 Å². The molecule has 24 heavy (non-hydrogen) atoms. The molecular formula is C15H26N4O5. The van der Waals surface area contributed by atoms with Crippen LogP contribution in [0.4, 0.5) is 9.59 Å². The lowest BCUT2D eigenvalue weighted by Crippen LogP contribution is -2.50. The first kappa shape index (κ1) is 21.7. The number of amides is 2. The van der Waals surface area contributed by atoms with Gasteiger partial charge in [0.15, 0.2) is 0 Å². The minimum atomic E-state index is -0.916. The van der Waals surface area contributed by atoms with E-state index in [1.807, 2.05) is 0 Å². The third-order valence-electron chi connectivity index (χ3n) is 2.52. The quantitative estimate of drug-likeness (QED) is 0.314. The van der Waals surface area contributed by atoms with Crippen LogP contribution in [0.2, 0.25) is 0 Å². The molecule has 1 atom stereocenters. The summed E-state index contributed by atoms with van der Waals surface area (Å²) in [5, 5.41) is 3.41. The Hall–Kier alpha value is -2.28. The van der Waals surface area contributed by atoms with Gasteiger partial charge in [-0.3, -0.25) is 0 Å². The molecule has 0 heterocycles. The van der Waals surface area contributed by atoms with Crippen molar-refractivity contribution in [2.24, 2.45) is 5.11 Å². The average molecular weight is 342 g/mol. The Morgan fingerprint density at radius 2 is 1.58 bits per heavy atom. The molecule has 0 aliphatic rings. The predicted octanol–water partition coefficient (Wildman–Crippen LogP) is 3.82. The van der Waals surface area contributed by atoms with Gasteiger partial charge >= 0.3 is 12.2 Å². The first-order valence-corrected chi connectivity index (χ1v) is 7.61. The fourth-order valence-corrected chi connectivity index (χ4v) is 1.69. The molecule has 0 rings (SSSR count). The van der Waals surface area contributed by atoms with Gasteiger partial charge in [0.25, 0.3) is 0 Å². The van der Waals surface area contributed by atoms with Crippen LogP contribution in [0, 0.1) is 0 Å². The smallest absolute Gasteiger partial charge is 0.420 e. The van der Waals surface area contributed by atoms with Crippen LogP contribution in [-0.2, 0) is 14.3 Å². The van der Waals surface area contributed by atoms with Crippen molar-refractivity contribution in [2.75, 3.05) is 6.54 Å². The van der Waals surface area contributed by atoms with E-state index in [9.17, 15) is 14.4 Å². The van der Waals surface area contributed by atoms with Gasteiger partial charge in [0, 0.05) is 17.9 Å². The Bertz CT molecular complexity index is 473. The zero-order valence-electron chi connectivity index (χ0n) is 15.1. The molecule has 0 aromatic rings. The van der Waals surface area contributed by atoms with Crippen LogP contribution in [0.5, 0.6) is 0 Å². The normalized spacial score (nSPS) is 12.6. The lowest BCUT2D eigenvalue weighted by atomic mass is 10.1. The van der Waals surface area contributed by atoms with Crippen molar-refractivity contribution in [3.8, 4) is 0 Å². The summed E-state index contributed by atoms with van der Waals surface area (Å²) in [6.07, 6.45) is -0.943. The van der Waals surface area contributed by atoms with E-state index in [-0.39, 0.29) is 19.4 Å². The van der Waals surface area contributed by atoms with Crippen molar-refractivity contribution < 1.29 is 23.9 Å². The molecule has 0 N–H and O–H groups in total. The molecule has 9 nitrogen and oxygen atoms in total. The number of imide groups is 1. The van der Waals surface area contributed by atoms with Crippen molar-refractivity contribution in [1.29, 1.82) is 0 Å². The summed E-state index contributed by atoms with van der Waals surface area (Å²) in [6, 6.07) is -0.837. The number of hydrogen-bond donors (Lipinski definition) is 0. The molecule has 0 aliphatic heterocycles. The summed E-state index contributed by atoms with van der Waals surface area (Å²) in [7, 11) is 0. The largest absolute Gasteiger partial charge is 0.443 e. The van der Waals surface area contributed by atoms with E-state index in [0.717, 1.165) is 4.90 Å². The number of ether oxygens (including phenoxy) is 2. The molecule has 0 unspecified atom stereocenters. The molecule has 0 saturated heterocycles. The number of hydrogen-bond acceptors (Lipinski definition) is 6. The maximum absolute atomic E-state index is 12.4. The lowest BCUT2D eigenvalue weighted by molar-refractivity contribution is -0.108. The van der Waals surface area contributed by atoms with Gasteiger partial charge in [-0.2, -0.15) is 0 Å². The van der Waals surface area contributed by atoms with Gasteiger partial charge in [0.05, 0.1) is 6.04 Å². The third kappa shape index (κ3) is 8.99. The minimum Gasteiger partial charge on any atom is -0.443 e. The molecule has 136 valence electrons. The molecule has 0 saturated carbocycles. The highest BCUT2D eigenvalue weighted by Gasteiger charge is 2.36. The fourth-order valence-electron chi connectivity index (χ4n) is 1.69. The van der Waals surface area contributed by atoms with Gasteiger partial charge in [-0.05, 0) is 53.5 Å². The van der Waals surface area contributed by atoms with Gasteiger partial charge in [-0.1, -0.05) is 5.11 Å². The molecule has 0 radical (unpaired) electrons. The number of azide groups is 1. The molecule has 0 aromatic heterocycles. The minimum absolute atomic E-state index is 0.0910. The zero-order chi connectivity index (χ0) is 19.0. The maximum atomic E-state index is 12.4. The van der Waals surface area contributed by atoms with Crippen LogP contribution in [0.3, 0.4) is 0 Å². The highest BCUT2D eigenvalue weighted by atomic mass is 16.6. The van der Waals surface area contributed by atoms with Crippen LogP contribution in [0.1, 0.15) is 54.4 Å². The van der Waals surface area contributed by atoms with Gasteiger partial charge in [-0.25, -0.2) is 14.5 Å². The summed E-state index contributed by atoms with van der Waals surface area (Å²) in [4.78, 5) is 38.9. The topological polar surface area (TPSA) is 122 Å². The van der Waals surface area contributed by atoms with E-state index in [2.05, 4.69) is 10.0 Å². The van der Waals surface area contributed by atoms with E-state index in [4.69, 9.17) is 15.0 Å². The molecule has 2 amide bonds. The number of carbonyl (C=O) groups excluding carboxylic acids is 3. The Morgan fingerprint density at radius 3 is 1.92 bits per heavy atom. The second-order valence-electron chi connectivity index (χ2n) is 7.14. The second kappa shape index (κ2) is 9.12. The Balaban J connectivity index is 5.59. The Kier molecular flexibility index (Phi) is 8.26. The molecule has 0 spiro atoms. The molecule has 0 fully saturated rings. The molecular weight excluding hydrogens is 316 g/mol. The number of carbonyl (C=O) groups is 3. The predicted molar refractivity (Wildman–Crippen MR) is 87.4 cm³/mol. The van der Waals surface area contributed by atoms with Crippen molar-refractivity contribution in [2.45, 2.75) is 71.6 Å². The van der Waals surface area contributed by atoms with E-state index in [1.54, 1.807) is 41.5 Å². The molecule has 0 aromatic carbocycles. The number of rotatable bonds is 6. The van der Waals surface area contributed by atoms with Gasteiger partial charge in [0.1, 0.15) is 17.5 Å². The van der Waals surface area contributed by atoms with Gasteiger partial charge in [0.2, 0.25) is 0 Å². The summed E-state index contributed by atoms with van der Waals surface area (Å²) >= 11 is 0. The van der Waals surface area contributed by atoms with Crippen molar-refractivity contribution >= 4 is 18.5 Å². The lowest BCUT2D eigenvalue weighted by Gasteiger charge is -2.32. The van der Waals surface area contributed by atoms with E-state index in [1.165, 1.54) is 0 Å². The Labute approximate surface area is 141 Å². The summed E-state index contributed by atoms with van der Waals surface area (Å²) in [5.74, 6) is 0. The summed E-state index contributed by atoms with van der Waals surface area (Å²) < 4.78 is 10.5. The third-order valence-corrected chi connectivity index (χ3v) is 2.52. The van der Waals surface area contributed by atoms with Crippen LogP contribution in [0.25, 0.3) is 10.4 Å². The maximum Gasteiger partial charge on any atom is 0.420 e. The average Bonchev–Trinajstić information content (AvgIpc) is 2.37. The van der Waals surface area contributed by atoms with Crippen molar-refractivity contribution in [3.63, 3.8) is 0 Å². The summed E-state index contributed by atoms with van der Waals surface area (Å²) in [6.45, 7) is 9.77. The first-order valence-electron chi connectivity index (χ1n) is 7.61. The van der Waals surface area contributed by atoms with E-state index >= 15 is 0 Å². The van der Waals surface area contributed by atoms with Crippen LogP contribution < -0.4 is 0 Å². The number of nitrogens with zero attached hydrogens (tertiary/aromatic N) is 4. The first-order chi connectivity index (χ1) is 10.9. The highest BCUT2D eigenvalue weighted by Crippen LogP contribution is 2.19. The summed E-state index contributed by atoms with van der Waals surface area (Å²) in [5.41, 5.74) is 6.85. The monoisotopic (exact) mass is 342 g/mol. The van der Waals surface area contributed by atoms with E-state index < -0.39 is 29.4 Å². The SMILES string of the molecule is CC(C)(C)OC(=O)N(C(=O)OC(C)(C)C)[C@@H](CCC=O)CN=[N+]=[N-]. The molecule has 0 aliphatic carbocycles. The van der Waals surface area contributed by atoms with Crippen molar-refractivity contribution in [1.82, 2.24) is 4.90 Å². The fraction of sp³-hybridized carbons (Fsp3) is 0.800. The molecule has 0 bridgehead atoms. The van der Waals surface area contributed by atoms with Crippen LogP contribution in [0.15, 0.2) is 5.11 Å².